The van der Waals surface area contributed by atoms with E-state index in [1.807, 2.05) is 6.92 Å². The average molecular weight is 510 g/mol. The van der Waals surface area contributed by atoms with E-state index in [-0.39, 0.29) is 36.6 Å². The van der Waals surface area contributed by atoms with Gasteiger partial charge in [-0.1, -0.05) is 48.0 Å². The summed E-state index contributed by atoms with van der Waals surface area (Å²) in [6.07, 6.45) is -0.240. The van der Waals surface area contributed by atoms with Crippen molar-refractivity contribution in [3.8, 4) is 0 Å². The van der Waals surface area contributed by atoms with Gasteiger partial charge in [-0.25, -0.2) is 12.8 Å². The number of benzene rings is 3. The predicted octanol–water partition coefficient (Wildman–Crippen LogP) is 3.77. The first-order valence-electron chi connectivity index (χ1n) is 11.7. The minimum Gasteiger partial charge on any atom is -0.382 e. The molecule has 3 aromatic carbocycles. The topological polar surface area (TPSA) is 95.6 Å². The van der Waals surface area contributed by atoms with Crippen LogP contribution in [0.5, 0.6) is 0 Å². The summed E-state index contributed by atoms with van der Waals surface area (Å²) >= 11 is 0. The molecular weight excluding hydrogens is 481 g/mol. The summed E-state index contributed by atoms with van der Waals surface area (Å²) < 4.78 is 40.8. The van der Waals surface area contributed by atoms with E-state index < -0.39 is 28.6 Å². The van der Waals surface area contributed by atoms with Crippen molar-refractivity contribution < 1.29 is 22.4 Å². The van der Waals surface area contributed by atoms with Gasteiger partial charge in [0, 0.05) is 25.2 Å². The van der Waals surface area contributed by atoms with Crippen LogP contribution in [-0.4, -0.2) is 39.4 Å². The minimum atomic E-state index is -4.10. The van der Waals surface area contributed by atoms with Gasteiger partial charge in [0.25, 0.3) is 10.0 Å². The van der Waals surface area contributed by atoms with Gasteiger partial charge in [-0.3, -0.25) is 13.9 Å². The Labute approximate surface area is 210 Å². The highest BCUT2D eigenvalue weighted by Gasteiger charge is 2.41. The molecule has 0 aliphatic carbocycles. The van der Waals surface area contributed by atoms with Crippen molar-refractivity contribution in [3.05, 3.63) is 89.5 Å². The zero-order valence-corrected chi connectivity index (χ0v) is 20.7. The number of rotatable bonds is 9. The average Bonchev–Trinajstić information content (AvgIpc) is 2.87. The van der Waals surface area contributed by atoms with Crippen LogP contribution in [0, 0.1) is 6.92 Å². The Kier molecular flexibility index (Phi) is 7.69. The highest BCUT2D eigenvalue weighted by atomic mass is 32.2. The van der Waals surface area contributed by atoms with E-state index in [2.05, 4.69) is 10.6 Å². The Hall–Kier alpha value is -3.72. The fraction of sp³-hybridized carbons (Fsp3) is 0.259. The summed E-state index contributed by atoms with van der Waals surface area (Å²) in [5.74, 6) is -0.765. The molecule has 0 aromatic heterocycles. The second kappa shape index (κ2) is 10.9. The van der Waals surface area contributed by atoms with Crippen LogP contribution in [0.3, 0.4) is 0 Å². The number of fused-ring (bicyclic) bond motifs is 1. The van der Waals surface area contributed by atoms with Crippen LogP contribution in [0.25, 0.3) is 0 Å². The number of carbonyl (C=O) groups is 2. The van der Waals surface area contributed by atoms with Gasteiger partial charge in [0.2, 0.25) is 5.91 Å². The molecule has 9 heteroatoms. The smallest absolute Gasteiger partial charge is 0.265 e. The molecule has 4 rings (SSSR count). The van der Waals surface area contributed by atoms with Crippen LogP contribution in [-0.2, 0) is 32.6 Å². The lowest BCUT2D eigenvalue weighted by Gasteiger charge is -2.36. The maximum Gasteiger partial charge on any atom is 0.265 e. The van der Waals surface area contributed by atoms with E-state index in [4.69, 9.17) is 0 Å². The maximum atomic E-state index is 13.7. The Morgan fingerprint density at radius 2 is 1.72 bits per heavy atom. The standard InChI is InChI=1S/C27H28FN3O4S/c1-19-6-12-23(13-7-19)36(34,35)31-24-5-3-2-4-21(24)16-26(32)25(31)17-27(33)30-18-20-8-10-22(11-9-20)29-15-14-28/h2-13,25,29H,14-18H2,1H3,(H,30,33)/t25-/m1/s1. The lowest BCUT2D eigenvalue weighted by atomic mass is 9.94. The number of alkyl halides is 1. The van der Waals surface area contributed by atoms with Gasteiger partial charge in [-0.2, -0.15) is 0 Å². The van der Waals surface area contributed by atoms with Crippen molar-refractivity contribution in [1.29, 1.82) is 0 Å². The highest BCUT2D eigenvalue weighted by molar-refractivity contribution is 7.93. The Morgan fingerprint density at radius 3 is 2.42 bits per heavy atom. The largest absolute Gasteiger partial charge is 0.382 e. The zero-order chi connectivity index (χ0) is 25.7. The number of sulfonamides is 1. The molecule has 1 heterocycles. The first-order chi connectivity index (χ1) is 17.3. The second-order valence-electron chi connectivity index (χ2n) is 8.70. The van der Waals surface area contributed by atoms with E-state index in [9.17, 15) is 22.4 Å². The molecule has 2 N–H and O–H groups in total. The molecule has 0 saturated heterocycles. The van der Waals surface area contributed by atoms with Gasteiger partial charge in [-0.05, 0) is 48.4 Å². The summed E-state index contributed by atoms with van der Waals surface area (Å²) in [6, 6.07) is 19.3. The minimum absolute atomic E-state index is 0.0569. The lowest BCUT2D eigenvalue weighted by molar-refractivity contribution is -0.126. The molecule has 7 nitrogen and oxygen atoms in total. The van der Waals surface area contributed by atoms with E-state index in [1.54, 1.807) is 60.7 Å². The van der Waals surface area contributed by atoms with Crippen LogP contribution in [0.1, 0.15) is 23.1 Å². The summed E-state index contributed by atoms with van der Waals surface area (Å²) in [5, 5.41) is 5.71. The fourth-order valence-corrected chi connectivity index (χ4v) is 5.85. The predicted molar refractivity (Wildman–Crippen MR) is 137 cm³/mol. The molecule has 1 aliphatic rings. The molecule has 0 spiro atoms. The van der Waals surface area contributed by atoms with E-state index in [1.165, 1.54) is 12.1 Å². The number of hydrogen-bond acceptors (Lipinski definition) is 5. The van der Waals surface area contributed by atoms with Gasteiger partial charge in [-0.15, -0.1) is 0 Å². The monoisotopic (exact) mass is 509 g/mol. The summed E-state index contributed by atoms with van der Waals surface area (Å²) in [6.45, 7) is 1.82. The van der Waals surface area contributed by atoms with Crippen LogP contribution >= 0.6 is 0 Å². The van der Waals surface area contributed by atoms with Crippen molar-refractivity contribution >= 4 is 33.1 Å². The summed E-state index contributed by atoms with van der Waals surface area (Å²) in [4.78, 5) is 26.0. The number of para-hydroxylation sites is 1. The number of hydrogen-bond donors (Lipinski definition) is 2. The molecule has 1 atom stereocenters. The van der Waals surface area contributed by atoms with Gasteiger partial charge in [0.05, 0.1) is 17.0 Å². The first kappa shape index (κ1) is 25.4. The number of ketones is 1. The number of aryl methyl sites for hydroxylation is 1. The van der Waals surface area contributed by atoms with Gasteiger partial charge in [0.15, 0.2) is 5.78 Å². The summed E-state index contributed by atoms with van der Waals surface area (Å²) in [5.41, 5.74) is 3.51. The third kappa shape index (κ3) is 5.57. The Balaban J connectivity index is 1.54. The molecule has 0 unspecified atom stereocenters. The van der Waals surface area contributed by atoms with Crippen molar-refractivity contribution in [1.82, 2.24) is 5.32 Å². The zero-order valence-electron chi connectivity index (χ0n) is 19.9. The van der Waals surface area contributed by atoms with Gasteiger partial charge >= 0.3 is 0 Å². The molecule has 1 aliphatic heterocycles. The van der Waals surface area contributed by atoms with Gasteiger partial charge < -0.3 is 10.6 Å². The number of halogens is 1. The SMILES string of the molecule is Cc1ccc(S(=O)(=O)N2c3ccccc3CC(=O)[C@H]2CC(=O)NCc2ccc(NCCF)cc2)cc1. The first-order valence-corrected chi connectivity index (χ1v) is 13.1. The highest BCUT2D eigenvalue weighted by Crippen LogP contribution is 2.35. The molecule has 1 amide bonds. The number of amides is 1. The van der Waals surface area contributed by atoms with Crippen LogP contribution in [0.4, 0.5) is 15.8 Å². The molecule has 188 valence electrons. The molecule has 0 fully saturated rings. The molecule has 0 saturated carbocycles. The van der Waals surface area contributed by atoms with Gasteiger partial charge in [0.1, 0.15) is 12.7 Å². The quantitative estimate of drug-likeness (QED) is 0.458. The normalized spacial score (nSPS) is 15.3. The van der Waals surface area contributed by atoms with E-state index >= 15 is 0 Å². The van der Waals surface area contributed by atoms with Crippen molar-refractivity contribution in [3.63, 3.8) is 0 Å². The van der Waals surface area contributed by atoms with Crippen molar-refractivity contribution in [2.45, 2.75) is 37.2 Å². The third-order valence-electron chi connectivity index (χ3n) is 6.07. The van der Waals surface area contributed by atoms with Crippen LogP contribution in [0.15, 0.2) is 77.7 Å². The van der Waals surface area contributed by atoms with Crippen molar-refractivity contribution in [2.75, 3.05) is 22.8 Å². The fourth-order valence-electron chi connectivity index (χ4n) is 4.18. The third-order valence-corrected chi connectivity index (χ3v) is 7.91. The molecule has 3 aromatic rings. The van der Waals surface area contributed by atoms with Crippen LogP contribution in [0.2, 0.25) is 0 Å². The van der Waals surface area contributed by atoms with Crippen molar-refractivity contribution in [2.24, 2.45) is 0 Å². The number of nitrogens with one attached hydrogen (secondary N) is 2. The van der Waals surface area contributed by atoms with Crippen LogP contribution < -0.4 is 14.9 Å². The molecular formula is C27H28FN3O4S. The number of nitrogens with zero attached hydrogens (tertiary/aromatic N) is 1. The molecule has 0 radical (unpaired) electrons. The molecule has 36 heavy (non-hydrogen) atoms. The number of anilines is 2. The van der Waals surface area contributed by atoms with E-state index in [0.717, 1.165) is 21.1 Å². The molecule has 0 bridgehead atoms. The lowest BCUT2D eigenvalue weighted by Crippen LogP contribution is -2.51. The maximum absolute atomic E-state index is 13.7. The Bertz CT molecular complexity index is 1340. The second-order valence-corrected chi connectivity index (χ2v) is 10.5. The number of carbonyl (C=O) groups excluding carboxylic acids is 2. The Morgan fingerprint density at radius 1 is 1.03 bits per heavy atom. The summed E-state index contributed by atoms with van der Waals surface area (Å²) in [7, 11) is -4.10. The van der Waals surface area contributed by atoms with E-state index in [0.29, 0.717) is 11.3 Å². The number of Topliss-reactive ketones (excluding diaryl/α,β-unsaturated/α-hetero) is 1.